The maximum Gasteiger partial charge on any atom is 0.210 e. The van der Waals surface area contributed by atoms with Crippen molar-refractivity contribution >= 4 is 22.7 Å². The molecule has 2 aromatic rings. The van der Waals surface area contributed by atoms with Crippen LogP contribution in [0.15, 0.2) is 22.6 Å². The van der Waals surface area contributed by atoms with Crippen molar-refractivity contribution in [2.45, 2.75) is 5.88 Å². The van der Waals surface area contributed by atoms with E-state index in [2.05, 4.69) is 4.98 Å². The summed E-state index contributed by atoms with van der Waals surface area (Å²) in [7, 11) is 0. The van der Waals surface area contributed by atoms with Gasteiger partial charge in [-0.15, -0.1) is 11.6 Å². The second-order valence-corrected chi connectivity index (χ2v) is 2.77. The monoisotopic (exact) mass is 192 g/mol. The first-order chi connectivity index (χ1) is 6.35. The Bertz CT molecular complexity index is 484. The number of hydrogen-bond donors (Lipinski definition) is 0. The van der Waals surface area contributed by atoms with Gasteiger partial charge in [-0.2, -0.15) is 5.26 Å². The van der Waals surface area contributed by atoms with Gasteiger partial charge in [-0.1, -0.05) is 6.07 Å². The Balaban J connectivity index is 2.76. The number of fused-ring (bicyclic) bond motifs is 1. The first kappa shape index (κ1) is 8.09. The van der Waals surface area contributed by atoms with Crippen LogP contribution in [0.2, 0.25) is 0 Å². The molecule has 0 atom stereocenters. The molecule has 0 aliphatic heterocycles. The Morgan fingerprint density at radius 2 is 2.38 bits per heavy atom. The van der Waals surface area contributed by atoms with E-state index in [-0.39, 0.29) is 5.88 Å². The second kappa shape index (κ2) is 3.08. The van der Waals surface area contributed by atoms with Gasteiger partial charge in [0.1, 0.15) is 11.6 Å². The second-order valence-electron chi connectivity index (χ2n) is 2.51. The number of para-hydroxylation sites is 1. The molecule has 0 aliphatic rings. The minimum Gasteiger partial charge on any atom is -0.438 e. The van der Waals surface area contributed by atoms with Crippen LogP contribution < -0.4 is 0 Å². The average Bonchev–Trinajstić information content (AvgIpc) is 2.59. The van der Waals surface area contributed by atoms with Crippen LogP contribution in [0.3, 0.4) is 0 Å². The summed E-state index contributed by atoms with van der Waals surface area (Å²) in [5.41, 5.74) is 1.68. The first-order valence-electron chi connectivity index (χ1n) is 3.69. The van der Waals surface area contributed by atoms with E-state index in [4.69, 9.17) is 21.3 Å². The summed E-state index contributed by atoms with van der Waals surface area (Å²) in [6.07, 6.45) is 0. The molecule has 0 fully saturated rings. The number of nitriles is 1. The van der Waals surface area contributed by atoms with Crippen molar-refractivity contribution in [3.05, 3.63) is 29.7 Å². The lowest BCUT2D eigenvalue weighted by Crippen LogP contribution is -1.74. The number of hydrogen-bond acceptors (Lipinski definition) is 3. The Morgan fingerprint density at radius 3 is 3.08 bits per heavy atom. The third-order valence-electron chi connectivity index (χ3n) is 1.69. The summed E-state index contributed by atoms with van der Waals surface area (Å²) >= 11 is 5.55. The van der Waals surface area contributed by atoms with Gasteiger partial charge in [0.15, 0.2) is 5.58 Å². The third-order valence-corrected chi connectivity index (χ3v) is 1.92. The normalized spacial score (nSPS) is 10.2. The first-order valence-corrected chi connectivity index (χ1v) is 4.23. The SMILES string of the molecule is N#Cc1cccc2nc(CCl)oc12. The van der Waals surface area contributed by atoms with Gasteiger partial charge < -0.3 is 4.42 Å². The van der Waals surface area contributed by atoms with Crippen molar-refractivity contribution in [1.29, 1.82) is 5.26 Å². The van der Waals surface area contributed by atoms with Crippen molar-refractivity contribution in [3.63, 3.8) is 0 Å². The summed E-state index contributed by atoms with van der Waals surface area (Å²) in [6.45, 7) is 0. The van der Waals surface area contributed by atoms with Crippen LogP contribution >= 0.6 is 11.6 Å². The van der Waals surface area contributed by atoms with Crippen LogP contribution in [0.1, 0.15) is 11.5 Å². The van der Waals surface area contributed by atoms with E-state index in [0.29, 0.717) is 22.6 Å². The van der Waals surface area contributed by atoms with Gasteiger partial charge in [-0.05, 0) is 12.1 Å². The van der Waals surface area contributed by atoms with Crippen molar-refractivity contribution in [3.8, 4) is 6.07 Å². The third kappa shape index (κ3) is 1.25. The Labute approximate surface area is 79.6 Å². The summed E-state index contributed by atoms with van der Waals surface area (Å²) in [6, 6.07) is 7.27. The molecule has 0 saturated carbocycles. The minimum absolute atomic E-state index is 0.222. The number of benzene rings is 1. The zero-order valence-electron chi connectivity index (χ0n) is 6.62. The Morgan fingerprint density at radius 1 is 1.54 bits per heavy atom. The number of nitrogens with zero attached hydrogens (tertiary/aromatic N) is 2. The summed E-state index contributed by atoms with van der Waals surface area (Å²) in [4.78, 5) is 4.09. The van der Waals surface area contributed by atoms with Crippen molar-refractivity contribution in [2.75, 3.05) is 0 Å². The van der Waals surface area contributed by atoms with E-state index in [1.165, 1.54) is 0 Å². The molecular formula is C9H5ClN2O. The fraction of sp³-hybridized carbons (Fsp3) is 0.111. The van der Waals surface area contributed by atoms with E-state index < -0.39 is 0 Å². The van der Waals surface area contributed by atoms with Gasteiger partial charge in [0.05, 0.1) is 11.4 Å². The summed E-state index contributed by atoms with van der Waals surface area (Å²) < 4.78 is 5.27. The van der Waals surface area contributed by atoms with Crippen molar-refractivity contribution in [1.82, 2.24) is 4.98 Å². The molecule has 2 rings (SSSR count). The molecule has 1 aromatic heterocycles. The van der Waals surface area contributed by atoms with E-state index in [1.807, 2.05) is 6.07 Å². The fourth-order valence-electron chi connectivity index (χ4n) is 1.14. The van der Waals surface area contributed by atoms with Gasteiger partial charge in [-0.25, -0.2) is 4.98 Å². The van der Waals surface area contributed by atoms with Crippen LogP contribution in [0.5, 0.6) is 0 Å². The van der Waals surface area contributed by atoms with E-state index >= 15 is 0 Å². The zero-order chi connectivity index (χ0) is 9.26. The predicted octanol–water partition coefficient (Wildman–Crippen LogP) is 2.44. The number of rotatable bonds is 1. The van der Waals surface area contributed by atoms with Gasteiger partial charge in [0, 0.05) is 0 Å². The van der Waals surface area contributed by atoms with Crippen molar-refractivity contribution < 1.29 is 4.42 Å². The fourth-order valence-corrected chi connectivity index (χ4v) is 1.25. The average molecular weight is 193 g/mol. The summed E-state index contributed by atoms with van der Waals surface area (Å²) in [5, 5.41) is 8.75. The lowest BCUT2D eigenvalue weighted by molar-refractivity contribution is 0.554. The molecule has 0 bridgehead atoms. The summed E-state index contributed by atoms with van der Waals surface area (Å²) in [5.74, 6) is 0.666. The maximum atomic E-state index is 8.75. The van der Waals surface area contributed by atoms with Crippen LogP contribution in [-0.4, -0.2) is 4.98 Å². The molecule has 0 N–H and O–H groups in total. The Kier molecular flexibility index (Phi) is 1.91. The molecule has 1 heterocycles. The molecule has 64 valence electrons. The molecule has 13 heavy (non-hydrogen) atoms. The molecule has 3 nitrogen and oxygen atoms in total. The number of aromatic nitrogens is 1. The number of halogens is 1. The maximum absolute atomic E-state index is 8.75. The highest BCUT2D eigenvalue weighted by Gasteiger charge is 2.07. The number of oxazole rings is 1. The molecule has 4 heteroatoms. The van der Waals surface area contributed by atoms with Gasteiger partial charge in [0.25, 0.3) is 0 Å². The van der Waals surface area contributed by atoms with E-state index in [0.717, 1.165) is 0 Å². The van der Waals surface area contributed by atoms with Gasteiger partial charge in [0.2, 0.25) is 5.89 Å². The zero-order valence-corrected chi connectivity index (χ0v) is 7.38. The smallest absolute Gasteiger partial charge is 0.210 e. The van der Waals surface area contributed by atoms with Crippen LogP contribution in [0.4, 0.5) is 0 Å². The molecule has 0 spiro atoms. The van der Waals surface area contributed by atoms with E-state index in [9.17, 15) is 0 Å². The molecule has 0 saturated heterocycles. The number of alkyl halides is 1. The standard InChI is InChI=1S/C9H5ClN2O/c10-4-8-12-7-3-1-2-6(5-11)9(7)13-8/h1-3H,4H2. The molecule has 0 radical (unpaired) electrons. The largest absolute Gasteiger partial charge is 0.438 e. The molecular weight excluding hydrogens is 188 g/mol. The highest BCUT2D eigenvalue weighted by Crippen LogP contribution is 2.19. The van der Waals surface area contributed by atoms with Gasteiger partial charge in [-0.3, -0.25) is 0 Å². The Hall–Kier alpha value is -1.53. The highest BCUT2D eigenvalue weighted by molar-refractivity contribution is 6.16. The quantitative estimate of drug-likeness (QED) is 0.652. The molecule has 0 aliphatic carbocycles. The lowest BCUT2D eigenvalue weighted by atomic mass is 10.2. The van der Waals surface area contributed by atoms with Crippen LogP contribution in [-0.2, 0) is 5.88 Å². The molecule has 1 aromatic carbocycles. The predicted molar refractivity (Wildman–Crippen MR) is 48.3 cm³/mol. The minimum atomic E-state index is 0.222. The van der Waals surface area contributed by atoms with Gasteiger partial charge >= 0.3 is 0 Å². The van der Waals surface area contributed by atoms with E-state index in [1.54, 1.807) is 18.2 Å². The molecule has 0 unspecified atom stereocenters. The van der Waals surface area contributed by atoms with Crippen molar-refractivity contribution in [2.24, 2.45) is 0 Å². The van der Waals surface area contributed by atoms with Crippen LogP contribution in [0, 0.1) is 11.3 Å². The van der Waals surface area contributed by atoms with Crippen LogP contribution in [0.25, 0.3) is 11.1 Å². The lowest BCUT2D eigenvalue weighted by Gasteiger charge is -1.87. The molecule has 0 amide bonds. The topological polar surface area (TPSA) is 49.8 Å². The highest BCUT2D eigenvalue weighted by atomic mass is 35.5.